The summed E-state index contributed by atoms with van der Waals surface area (Å²) in [5.41, 5.74) is 0.0510. The number of carbonyl (C=O) groups is 1. The molecular formula is C13H22N4O2. The lowest BCUT2D eigenvalue weighted by molar-refractivity contribution is -0.138. The van der Waals surface area contributed by atoms with E-state index < -0.39 is 5.97 Å². The molecule has 1 unspecified atom stereocenters. The number of hydrogen-bond acceptors (Lipinski definition) is 4. The van der Waals surface area contributed by atoms with Gasteiger partial charge in [-0.15, -0.1) is 5.10 Å². The Morgan fingerprint density at radius 2 is 2.11 bits per heavy atom. The van der Waals surface area contributed by atoms with Gasteiger partial charge in [-0.25, -0.2) is 4.68 Å². The van der Waals surface area contributed by atoms with Crippen LogP contribution in [0.4, 0.5) is 0 Å². The Hall–Kier alpha value is -1.46. The molecular weight excluding hydrogens is 244 g/mol. The largest absolute Gasteiger partial charge is 0.481 e. The van der Waals surface area contributed by atoms with Crippen LogP contribution in [0.5, 0.6) is 0 Å². The second kappa shape index (κ2) is 5.67. The molecule has 2 rings (SSSR count). The molecule has 1 N–H and O–H groups in total. The number of nitrogens with zero attached hydrogens (tertiary/aromatic N) is 4. The van der Waals surface area contributed by atoms with Crippen molar-refractivity contribution < 1.29 is 9.90 Å². The Morgan fingerprint density at radius 1 is 1.42 bits per heavy atom. The van der Waals surface area contributed by atoms with Crippen LogP contribution in [0.3, 0.4) is 0 Å². The number of aromatic nitrogens is 4. The number of rotatable bonds is 6. The standard InChI is InChI=1S/C13H22N4O2/c1-3-10(9-11(18)19)17-12(14-15-16-17)13(4-2)7-5-6-8-13/h10H,3-9H2,1-2H3,(H,18,19). The second-order valence-electron chi connectivity index (χ2n) is 5.45. The maximum Gasteiger partial charge on any atom is 0.305 e. The van der Waals surface area contributed by atoms with E-state index in [4.69, 9.17) is 5.11 Å². The molecule has 0 radical (unpaired) electrons. The van der Waals surface area contributed by atoms with E-state index in [2.05, 4.69) is 22.4 Å². The highest BCUT2D eigenvalue weighted by atomic mass is 16.4. The van der Waals surface area contributed by atoms with Gasteiger partial charge in [0.2, 0.25) is 0 Å². The summed E-state index contributed by atoms with van der Waals surface area (Å²) < 4.78 is 1.77. The van der Waals surface area contributed by atoms with Gasteiger partial charge in [0, 0.05) is 5.41 Å². The number of carboxylic acids is 1. The van der Waals surface area contributed by atoms with Crippen molar-refractivity contribution in [1.82, 2.24) is 20.2 Å². The Morgan fingerprint density at radius 3 is 2.63 bits per heavy atom. The summed E-state index contributed by atoms with van der Waals surface area (Å²) in [6, 6.07) is -0.147. The van der Waals surface area contributed by atoms with Gasteiger partial charge in [0.15, 0.2) is 5.82 Å². The molecule has 1 aromatic heterocycles. The maximum absolute atomic E-state index is 11.0. The quantitative estimate of drug-likeness (QED) is 0.854. The third kappa shape index (κ3) is 2.62. The number of hydrogen-bond donors (Lipinski definition) is 1. The van der Waals surface area contributed by atoms with Gasteiger partial charge in [-0.3, -0.25) is 4.79 Å². The zero-order chi connectivity index (χ0) is 13.9. The average Bonchev–Trinajstić information content (AvgIpc) is 3.04. The van der Waals surface area contributed by atoms with Crippen LogP contribution in [0.15, 0.2) is 0 Å². The first-order valence-corrected chi connectivity index (χ1v) is 7.13. The van der Waals surface area contributed by atoms with Crippen LogP contribution in [-0.2, 0) is 10.2 Å². The van der Waals surface area contributed by atoms with E-state index >= 15 is 0 Å². The predicted molar refractivity (Wildman–Crippen MR) is 69.8 cm³/mol. The van der Waals surface area contributed by atoms with E-state index in [1.807, 2.05) is 6.92 Å². The Bertz CT molecular complexity index is 438. The molecule has 0 spiro atoms. The minimum absolute atomic E-state index is 0.0510. The molecule has 1 fully saturated rings. The number of aliphatic carboxylic acids is 1. The Labute approximate surface area is 113 Å². The topological polar surface area (TPSA) is 80.9 Å². The van der Waals surface area contributed by atoms with Crippen LogP contribution < -0.4 is 0 Å². The molecule has 0 amide bonds. The molecule has 1 heterocycles. The molecule has 0 bridgehead atoms. The summed E-state index contributed by atoms with van der Waals surface area (Å²) in [6.07, 6.45) is 6.43. The van der Waals surface area contributed by atoms with Crippen molar-refractivity contribution in [3.63, 3.8) is 0 Å². The lowest BCUT2D eigenvalue weighted by atomic mass is 9.82. The molecule has 106 valence electrons. The minimum atomic E-state index is -0.801. The minimum Gasteiger partial charge on any atom is -0.481 e. The van der Waals surface area contributed by atoms with Crippen molar-refractivity contribution in [3.8, 4) is 0 Å². The lowest BCUT2D eigenvalue weighted by Gasteiger charge is -2.28. The van der Waals surface area contributed by atoms with Crippen molar-refractivity contribution in [2.45, 2.75) is 70.3 Å². The SMILES string of the molecule is CCC(CC(=O)O)n1nnnc1C1(CC)CCCC1. The highest BCUT2D eigenvalue weighted by molar-refractivity contribution is 5.67. The molecule has 1 aliphatic carbocycles. The summed E-state index contributed by atoms with van der Waals surface area (Å²) in [5, 5.41) is 21.1. The van der Waals surface area contributed by atoms with E-state index in [0.717, 1.165) is 31.5 Å². The first kappa shape index (κ1) is 14.0. The van der Waals surface area contributed by atoms with E-state index in [1.165, 1.54) is 12.8 Å². The summed E-state index contributed by atoms with van der Waals surface area (Å²) >= 11 is 0. The van der Waals surface area contributed by atoms with Gasteiger partial charge >= 0.3 is 5.97 Å². The van der Waals surface area contributed by atoms with Crippen molar-refractivity contribution in [2.75, 3.05) is 0 Å². The zero-order valence-corrected chi connectivity index (χ0v) is 11.7. The smallest absolute Gasteiger partial charge is 0.305 e. The molecule has 1 aromatic rings. The summed E-state index contributed by atoms with van der Waals surface area (Å²) in [7, 11) is 0. The molecule has 6 heteroatoms. The maximum atomic E-state index is 11.0. The molecule has 1 atom stereocenters. The van der Waals surface area contributed by atoms with Gasteiger partial charge in [-0.2, -0.15) is 0 Å². The third-order valence-corrected chi connectivity index (χ3v) is 4.43. The second-order valence-corrected chi connectivity index (χ2v) is 5.45. The van der Waals surface area contributed by atoms with Crippen molar-refractivity contribution in [2.24, 2.45) is 0 Å². The highest BCUT2D eigenvalue weighted by Gasteiger charge is 2.39. The normalized spacial score (nSPS) is 19.5. The van der Waals surface area contributed by atoms with Crippen LogP contribution in [0, 0.1) is 0 Å². The third-order valence-electron chi connectivity index (χ3n) is 4.43. The molecule has 19 heavy (non-hydrogen) atoms. The molecule has 0 saturated heterocycles. The molecule has 6 nitrogen and oxygen atoms in total. The van der Waals surface area contributed by atoms with Gasteiger partial charge in [0.1, 0.15) is 0 Å². The van der Waals surface area contributed by atoms with E-state index in [-0.39, 0.29) is 17.9 Å². The number of carboxylic acid groups (broad SMARTS) is 1. The Kier molecular flexibility index (Phi) is 4.17. The highest BCUT2D eigenvalue weighted by Crippen LogP contribution is 2.43. The summed E-state index contributed by atoms with van der Waals surface area (Å²) in [4.78, 5) is 11.0. The van der Waals surface area contributed by atoms with Gasteiger partial charge in [0.25, 0.3) is 0 Å². The predicted octanol–water partition coefficient (Wildman–Crippen LogP) is 2.32. The van der Waals surface area contributed by atoms with E-state index in [1.54, 1.807) is 4.68 Å². The van der Waals surface area contributed by atoms with Crippen LogP contribution in [-0.4, -0.2) is 31.3 Å². The van der Waals surface area contributed by atoms with Gasteiger partial charge in [-0.1, -0.05) is 26.7 Å². The summed E-state index contributed by atoms with van der Waals surface area (Å²) in [6.45, 7) is 4.15. The Balaban J connectivity index is 2.32. The molecule has 0 aromatic carbocycles. The van der Waals surface area contributed by atoms with Gasteiger partial charge < -0.3 is 5.11 Å². The fourth-order valence-electron chi connectivity index (χ4n) is 3.18. The van der Waals surface area contributed by atoms with Gasteiger partial charge in [-0.05, 0) is 36.1 Å². The van der Waals surface area contributed by atoms with Gasteiger partial charge in [0.05, 0.1) is 12.5 Å². The van der Waals surface area contributed by atoms with Crippen LogP contribution in [0.1, 0.15) is 70.7 Å². The average molecular weight is 266 g/mol. The fraction of sp³-hybridized carbons (Fsp3) is 0.846. The summed E-state index contributed by atoms with van der Waals surface area (Å²) in [5.74, 6) is 0.0888. The molecule has 0 aliphatic heterocycles. The van der Waals surface area contributed by atoms with E-state index in [9.17, 15) is 4.79 Å². The van der Waals surface area contributed by atoms with Crippen molar-refractivity contribution >= 4 is 5.97 Å². The van der Waals surface area contributed by atoms with Crippen molar-refractivity contribution in [1.29, 1.82) is 0 Å². The zero-order valence-electron chi connectivity index (χ0n) is 11.7. The van der Waals surface area contributed by atoms with Crippen LogP contribution in [0.2, 0.25) is 0 Å². The molecule has 1 saturated carbocycles. The lowest BCUT2D eigenvalue weighted by Crippen LogP contribution is -2.29. The fourth-order valence-corrected chi connectivity index (χ4v) is 3.18. The first-order chi connectivity index (χ1) is 9.13. The van der Waals surface area contributed by atoms with Crippen molar-refractivity contribution in [3.05, 3.63) is 5.82 Å². The number of tetrazole rings is 1. The molecule has 1 aliphatic rings. The first-order valence-electron chi connectivity index (χ1n) is 7.13. The van der Waals surface area contributed by atoms with Crippen LogP contribution in [0.25, 0.3) is 0 Å². The van der Waals surface area contributed by atoms with Crippen LogP contribution >= 0.6 is 0 Å². The van der Waals surface area contributed by atoms with E-state index in [0.29, 0.717) is 0 Å². The monoisotopic (exact) mass is 266 g/mol.